The average molecular weight is 539 g/mol. The van der Waals surface area contributed by atoms with Gasteiger partial charge in [-0.25, -0.2) is 0 Å². The first kappa shape index (κ1) is 27.9. The molecule has 0 aromatic heterocycles. The Morgan fingerprint density at radius 2 is 1.10 bits per heavy atom. The first-order chi connectivity index (χ1) is 19.4. The number of hydrogen-bond acceptors (Lipinski definition) is 5. The summed E-state index contributed by atoms with van der Waals surface area (Å²) in [6.07, 6.45) is -0.630. The van der Waals surface area contributed by atoms with Crippen LogP contribution >= 0.6 is 0 Å². The molecule has 0 bridgehead atoms. The largest absolute Gasteiger partial charge is 0.493 e. The second-order valence-electron chi connectivity index (χ2n) is 10.8. The third kappa shape index (κ3) is 5.50. The van der Waals surface area contributed by atoms with Gasteiger partial charge >= 0.3 is 0 Å². The van der Waals surface area contributed by atoms with E-state index in [1.807, 2.05) is 45.0 Å². The fourth-order valence-corrected chi connectivity index (χ4v) is 5.46. The lowest BCUT2D eigenvalue weighted by Gasteiger charge is -2.34. The molecule has 0 radical (unpaired) electrons. The van der Waals surface area contributed by atoms with Gasteiger partial charge in [0.1, 0.15) is 24.2 Å². The minimum Gasteiger partial charge on any atom is -0.493 e. The van der Waals surface area contributed by atoms with Crippen molar-refractivity contribution in [2.45, 2.75) is 38.4 Å². The van der Waals surface area contributed by atoms with E-state index in [0.717, 1.165) is 16.9 Å². The summed E-state index contributed by atoms with van der Waals surface area (Å²) < 4.78 is 17.3. The lowest BCUT2D eigenvalue weighted by Crippen LogP contribution is -2.28. The van der Waals surface area contributed by atoms with E-state index in [0.29, 0.717) is 12.4 Å². The Kier molecular flexibility index (Phi) is 8.55. The highest BCUT2D eigenvalue weighted by molar-refractivity contribution is 5.86. The molecule has 1 aliphatic rings. The zero-order chi connectivity index (χ0) is 28.1. The lowest BCUT2D eigenvalue weighted by atomic mass is 9.68. The van der Waals surface area contributed by atoms with Gasteiger partial charge < -0.3 is 24.4 Å². The molecule has 5 nitrogen and oxygen atoms in total. The molecule has 0 amide bonds. The van der Waals surface area contributed by atoms with Crippen LogP contribution in [0.3, 0.4) is 0 Å². The minimum atomic E-state index is -0.692. The summed E-state index contributed by atoms with van der Waals surface area (Å²) in [5, 5.41) is 19.6. The van der Waals surface area contributed by atoms with Crippen LogP contribution in [0.25, 0.3) is 11.1 Å². The van der Waals surface area contributed by atoms with Crippen molar-refractivity contribution >= 4 is 0 Å². The molecule has 0 spiro atoms. The summed E-state index contributed by atoms with van der Waals surface area (Å²) >= 11 is 0. The molecule has 2 unspecified atom stereocenters. The smallest absolute Gasteiger partial charge is 0.119 e. The van der Waals surface area contributed by atoms with Gasteiger partial charge in [-0.05, 0) is 71.5 Å². The number of hydrogen-bond donors (Lipinski definition) is 2. The SMILES string of the molecule is CC(CO)COc1ccc(C2(c3ccc(OCC(O)COC(C)C)cc3)c3ccccc3-c3ccccc32)cc1. The summed E-state index contributed by atoms with van der Waals surface area (Å²) in [7, 11) is 0. The van der Waals surface area contributed by atoms with Crippen molar-refractivity contribution in [1.82, 2.24) is 0 Å². The van der Waals surface area contributed by atoms with Crippen LogP contribution in [0, 0.1) is 5.92 Å². The first-order valence-corrected chi connectivity index (χ1v) is 14.0. The molecule has 0 heterocycles. The van der Waals surface area contributed by atoms with E-state index in [-0.39, 0.29) is 31.8 Å². The molecule has 4 aromatic rings. The molecule has 2 N–H and O–H groups in total. The standard InChI is InChI=1S/C35H38O5/c1-24(2)38-22-28(37)23-40-30-18-14-27(15-19-30)35(26-12-16-29(17-13-26)39-21-25(3)20-36)33-10-6-4-8-31(33)32-9-5-7-11-34(32)35/h4-19,24-25,28,36-37H,20-23H2,1-3H3. The van der Waals surface area contributed by atoms with Gasteiger partial charge in [0, 0.05) is 12.5 Å². The monoisotopic (exact) mass is 538 g/mol. The third-order valence-electron chi connectivity index (χ3n) is 7.44. The molecule has 4 aromatic carbocycles. The molecule has 1 aliphatic carbocycles. The van der Waals surface area contributed by atoms with E-state index in [1.165, 1.54) is 22.3 Å². The van der Waals surface area contributed by atoms with Gasteiger partial charge in [0.05, 0.1) is 24.7 Å². The van der Waals surface area contributed by atoms with Gasteiger partial charge in [-0.1, -0.05) is 79.7 Å². The Labute approximate surface area is 237 Å². The van der Waals surface area contributed by atoms with Crippen LogP contribution in [0.4, 0.5) is 0 Å². The highest BCUT2D eigenvalue weighted by atomic mass is 16.5. The van der Waals surface area contributed by atoms with E-state index in [4.69, 9.17) is 14.2 Å². The average Bonchev–Trinajstić information content (AvgIpc) is 3.29. The van der Waals surface area contributed by atoms with Crippen molar-refractivity contribution in [3.8, 4) is 22.6 Å². The van der Waals surface area contributed by atoms with Crippen LogP contribution in [0.5, 0.6) is 11.5 Å². The molecule has 0 aliphatic heterocycles. The second-order valence-corrected chi connectivity index (χ2v) is 10.8. The maximum atomic E-state index is 10.2. The van der Waals surface area contributed by atoms with Gasteiger partial charge in [0.2, 0.25) is 0 Å². The highest BCUT2D eigenvalue weighted by Gasteiger charge is 2.45. The van der Waals surface area contributed by atoms with Gasteiger partial charge in [-0.2, -0.15) is 0 Å². The van der Waals surface area contributed by atoms with Crippen molar-refractivity contribution in [1.29, 1.82) is 0 Å². The number of ether oxygens (including phenoxy) is 3. The number of benzene rings is 4. The maximum Gasteiger partial charge on any atom is 0.119 e. The molecule has 40 heavy (non-hydrogen) atoms. The molecule has 0 saturated carbocycles. The zero-order valence-electron chi connectivity index (χ0n) is 23.4. The van der Waals surface area contributed by atoms with Gasteiger partial charge in [-0.3, -0.25) is 0 Å². The Hall–Kier alpha value is -3.64. The van der Waals surface area contributed by atoms with Gasteiger partial charge in [0.15, 0.2) is 0 Å². The van der Waals surface area contributed by atoms with Crippen LogP contribution in [-0.2, 0) is 10.2 Å². The Morgan fingerprint density at radius 3 is 1.57 bits per heavy atom. The van der Waals surface area contributed by atoms with E-state index >= 15 is 0 Å². The van der Waals surface area contributed by atoms with Crippen LogP contribution in [-0.4, -0.2) is 48.8 Å². The first-order valence-electron chi connectivity index (χ1n) is 14.0. The normalized spacial score (nSPS) is 14.8. The van der Waals surface area contributed by atoms with E-state index < -0.39 is 11.5 Å². The van der Waals surface area contributed by atoms with Gasteiger partial charge in [-0.15, -0.1) is 0 Å². The summed E-state index contributed by atoms with van der Waals surface area (Å²) in [4.78, 5) is 0. The van der Waals surface area contributed by atoms with E-state index in [2.05, 4.69) is 72.8 Å². The van der Waals surface area contributed by atoms with Crippen LogP contribution < -0.4 is 9.47 Å². The Bertz CT molecular complexity index is 1350. The lowest BCUT2D eigenvalue weighted by molar-refractivity contribution is -0.0122. The van der Waals surface area contributed by atoms with Crippen molar-refractivity contribution < 1.29 is 24.4 Å². The van der Waals surface area contributed by atoms with Crippen molar-refractivity contribution in [3.63, 3.8) is 0 Å². The maximum absolute atomic E-state index is 10.2. The van der Waals surface area contributed by atoms with Crippen LogP contribution in [0.15, 0.2) is 97.1 Å². The second kappa shape index (κ2) is 12.3. The summed E-state index contributed by atoms with van der Waals surface area (Å²) in [6.45, 7) is 6.82. The topological polar surface area (TPSA) is 68.2 Å². The summed E-state index contributed by atoms with van der Waals surface area (Å²) in [5.74, 6) is 1.55. The summed E-state index contributed by atoms with van der Waals surface area (Å²) in [6, 6.07) is 33.8. The predicted octanol–water partition coefficient (Wildman–Crippen LogP) is 6.22. The molecule has 0 saturated heterocycles. The quantitative estimate of drug-likeness (QED) is 0.197. The minimum absolute atomic E-state index is 0.0621. The zero-order valence-corrected chi connectivity index (χ0v) is 23.4. The Morgan fingerprint density at radius 1 is 0.625 bits per heavy atom. The third-order valence-corrected chi connectivity index (χ3v) is 7.44. The van der Waals surface area contributed by atoms with E-state index in [9.17, 15) is 10.2 Å². The van der Waals surface area contributed by atoms with Crippen molar-refractivity contribution in [3.05, 3.63) is 119 Å². The molecule has 5 heteroatoms. The fraction of sp³-hybridized carbons (Fsp3) is 0.314. The number of fused-ring (bicyclic) bond motifs is 3. The molecular formula is C35H38O5. The van der Waals surface area contributed by atoms with Crippen LogP contribution in [0.2, 0.25) is 0 Å². The Balaban J connectivity index is 1.52. The number of aliphatic hydroxyl groups excluding tert-OH is 2. The highest BCUT2D eigenvalue weighted by Crippen LogP contribution is 2.56. The number of rotatable bonds is 12. The molecule has 2 atom stereocenters. The molecule has 5 rings (SSSR count). The van der Waals surface area contributed by atoms with E-state index in [1.54, 1.807) is 0 Å². The van der Waals surface area contributed by atoms with Crippen LogP contribution in [0.1, 0.15) is 43.0 Å². The molecule has 208 valence electrons. The molecular weight excluding hydrogens is 500 g/mol. The van der Waals surface area contributed by atoms with Crippen molar-refractivity contribution in [2.75, 3.05) is 26.4 Å². The fourth-order valence-electron chi connectivity index (χ4n) is 5.46. The van der Waals surface area contributed by atoms with Crippen molar-refractivity contribution in [2.24, 2.45) is 5.92 Å². The number of aliphatic hydroxyl groups is 2. The summed E-state index contributed by atoms with van der Waals surface area (Å²) in [5.41, 5.74) is 6.66. The molecule has 0 fully saturated rings. The predicted molar refractivity (Wildman–Crippen MR) is 158 cm³/mol. The van der Waals surface area contributed by atoms with Gasteiger partial charge in [0.25, 0.3) is 0 Å².